The molecule has 0 unspecified atom stereocenters. The van der Waals surface area contributed by atoms with E-state index in [2.05, 4.69) is 31.0 Å². The van der Waals surface area contributed by atoms with Gasteiger partial charge >= 0.3 is 6.03 Å². The number of para-hydroxylation sites is 1. The Balaban J connectivity index is 1.31. The second-order valence-electron chi connectivity index (χ2n) is 7.55. The van der Waals surface area contributed by atoms with Gasteiger partial charge in [-0.25, -0.2) is 14.5 Å². The Hall–Kier alpha value is -3.69. The molecular formula is C21H25N7O3. The summed E-state index contributed by atoms with van der Waals surface area (Å²) < 4.78 is 1.58. The molecule has 2 aromatic heterocycles. The highest BCUT2D eigenvalue weighted by atomic mass is 16.2. The quantitative estimate of drug-likeness (QED) is 0.455. The van der Waals surface area contributed by atoms with Crippen molar-refractivity contribution in [1.82, 2.24) is 35.7 Å². The number of aromatic nitrogens is 4. The van der Waals surface area contributed by atoms with Gasteiger partial charge in [0.25, 0.3) is 5.56 Å². The van der Waals surface area contributed by atoms with Gasteiger partial charge in [-0.2, -0.15) is 5.10 Å². The highest BCUT2D eigenvalue weighted by molar-refractivity contribution is 5.78. The highest BCUT2D eigenvalue weighted by Crippen LogP contribution is 2.17. The maximum Gasteiger partial charge on any atom is 0.315 e. The minimum Gasteiger partial charge on any atom is -0.353 e. The van der Waals surface area contributed by atoms with E-state index in [0.717, 1.165) is 31.4 Å². The lowest BCUT2D eigenvalue weighted by molar-refractivity contribution is -0.121. The zero-order valence-electron chi connectivity index (χ0n) is 17.1. The average Bonchev–Trinajstić information content (AvgIpc) is 3.43. The fourth-order valence-corrected chi connectivity index (χ4v) is 3.69. The summed E-state index contributed by atoms with van der Waals surface area (Å²) >= 11 is 0. The molecule has 1 aliphatic rings. The SMILES string of the molecule is O=C(CCNC(=O)NCc1nc2c(cnn2-c2ccccc2)c(=O)[nH]1)NC1CCCC1. The lowest BCUT2D eigenvalue weighted by Gasteiger charge is -2.12. The number of H-pyrrole nitrogens is 1. The summed E-state index contributed by atoms with van der Waals surface area (Å²) in [5, 5.41) is 12.9. The first kappa shape index (κ1) is 20.6. The molecular weight excluding hydrogens is 398 g/mol. The molecule has 0 spiro atoms. The Kier molecular flexibility index (Phi) is 6.25. The number of nitrogens with one attached hydrogen (secondary N) is 4. The summed E-state index contributed by atoms with van der Waals surface area (Å²) in [7, 11) is 0. The van der Waals surface area contributed by atoms with Crippen LogP contribution >= 0.6 is 0 Å². The van der Waals surface area contributed by atoms with E-state index in [1.807, 2.05) is 30.3 Å². The molecule has 10 heteroatoms. The fraction of sp³-hybridized carbons (Fsp3) is 0.381. The Bertz CT molecular complexity index is 1120. The number of aromatic amines is 1. The van der Waals surface area contributed by atoms with E-state index in [1.54, 1.807) is 4.68 Å². The number of carbonyl (C=O) groups excluding carboxylic acids is 2. The summed E-state index contributed by atoms with van der Waals surface area (Å²) in [6.07, 6.45) is 6.05. The van der Waals surface area contributed by atoms with Crippen LogP contribution in [0.3, 0.4) is 0 Å². The van der Waals surface area contributed by atoms with Crippen molar-refractivity contribution in [3.8, 4) is 5.69 Å². The molecule has 0 atom stereocenters. The zero-order valence-corrected chi connectivity index (χ0v) is 17.1. The second kappa shape index (κ2) is 9.41. The average molecular weight is 423 g/mol. The molecule has 0 bridgehead atoms. The number of amides is 3. The Morgan fingerprint density at radius 2 is 1.90 bits per heavy atom. The summed E-state index contributed by atoms with van der Waals surface area (Å²) in [6, 6.07) is 9.19. The topological polar surface area (TPSA) is 134 Å². The normalized spacial score (nSPS) is 13.9. The van der Waals surface area contributed by atoms with Gasteiger partial charge in [0.1, 0.15) is 11.2 Å². The van der Waals surface area contributed by atoms with Crippen LogP contribution < -0.4 is 21.5 Å². The molecule has 0 saturated heterocycles. The summed E-state index contributed by atoms with van der Waals surface area (Å²) in [5.41, 5.74) is 0.867. The van der Waals surface area contributed by atoms with Gasteiger partial charge in [-0.05, 0) is 25.0 Å². The molecule has 2 heterocycles. The van der Waals surface area contributed by atoms with E-state index in [1.165, 1.54) is 6.20 Å². The summed E-state index contributed by atoms with van der Waals surface area (Å²) in [5.74, 6) is 0.252. The number of carbonyl (C=O) groups is 2. The molecule has 1 aliphatic carbocycles. The third-order valence-electron chi connectivity index (χ3n) is 5.26. The van der Waals surface area contributed by atoms with Gasteiger partial charge in [0, 0.05) is 19.0 Å². The van der Waals surface area contributed by atoms with Crippen LogP contribution in [0.1, 0.15) is 37.9 Å². The van der Waals surface area contributed by atoms with Gasteiger partial charge in [-0.1, -0.05) is 31.0 Å². The standard InChI is InChI=1S/C21H25N7O3/c29-18(25-14-6-4-5-7-14)10-11-22-21(31)23-13-17-26-19-16(20(30)27-17)12-24-28(19)15-8-2-1-3-9-15/h1-3,8-9,12,14H,4-7,10-11,13H2,(H,25,29)(H2,22,23,31)(H,26,27,30). The summed E-state index contributed by atoms with van der Waals surface area (Å²) in [4.78, 5) is 43.4. The molecule has 0 radical (unpaired) electrons. The van der Waals surface area contributed by atoms with Gasteiger partial charge in [0.2, 0.25) is 5.91 Å². The molecule has 4 N–H and O–H groups in total. The van der Waals surface area contributed by atoms with Crippen molar-refractivity contribution in [2.75, 3.05) is 6.54 Å². The molecule has 0 aliphatic heterocycles. The third kappa shape index (κ3) is 5.08. The highest BCUT2D eigenvalue weighted by Gasteiger charge is 2.17. The van der Waals surface area contributed by atoms with Crippen molar-refractivity contribution < 1.29 is 9.59 Å². The van der Waals surface area contributed by atoms with Gasteiger partial charge in [0.15, 0.2) is 5.65 Å². The van der Waals surface area contributed by atoms with Crippen molar-refractivity contribution in [2.24, 2.45) is 0 Å². The van der Waals surface area contributed by atoms with Crippen molar-refractivity contribution in [1.29, 1.82) is 0 Å². The smallest absolute Gasteiger partial charge is 0.315 e. The van der Waals surface area contributed by atoms with Crippen molar-refractivity contribution >= 4 is 23.0 Å². The van der Waals surface area contributed by atoms with Crippen LogP contribution in [0.15, 0.2) is 41.3 Å². The molecule has 4 rings (SSSR count). The van der Waals surface area contributed by atoms with Crippen LogP contribution in [-0.2, 0) is 11.3 Å². The molecule has 31 heavy (non-hydrogen) atoms. The monoisotopic (exact) mass is 423 g/mol. The van der Waals surface area contributed by atoms with Crippen molar-refractivity contribution in [3.05, 3.63) is 52.7 Å². The van der Waals surface area contributed by atoms with Gasteiger partial charge in [-0.15, -0.1) is 0 Å². The van der Waals surface area contributed by atoms with Crippen molar-refractivity contribution in [3.63, 3.8) is 0 Å². The maximum atomic E-state index is 12.4. The Morgan fingerprint density at radius 3 is 2.68 bits per heavy atom. The molecule has 1 saturated carbocycles. The van der Waals surface area contributed by atoms with Crippen LogP contribution in [-0.4, -0.2) is 44.3 Å². The molecule has 1 aromatic carbocycles. The third-order valence-corrected chi connectivity index (χ3v) is 5.26. The van der Waals surface area contributed by atoms with E-state index in [9.17, 15) is 14.4 Å². The number of hydrogen-bond donors (Lipinski definition) is 4. The number of urea groups is 1. The van der Waals surface area contributed by atoms with E-state index in [4.69, 9.17) is 0 Å². The van der Waals surface area contributed by atoms with Crippen LogP contribution in [0.5, 0.6) is 0 Å². The van der Waals surface area contributed by atoms with Crippen LogP contribution in [0.25, 0.3) is 16.7 Å². The van der Waals surface area contributed by atoms with Gasteiger partial charge < -0.3 is 20.9 Å². The first-order valence-electron chi connectivity index (χ1n) is 10.4. The Morgan fingerprint density at radius 1 is 1.13 bits per heavy atom. The first-order chi connectivity index (χ1) is 15.1. The number of hydrogen-bond acceptors (Lipinski definition) is 5. The molecule has 10 nitrogen and oxygen atoms in total. The van der Waals surface area contributed by atoms with E-state index >= 15 is 0 Å². The number of nitrogens with zero attached hydrogens (tertiary/aromatic N) is 3. The number of benzene rings is 1. The predicted molar refractivity (Wildman–Crippen MR) is 115 cm³/mol. The lowest BCUT2D eigenvalue weighted by atomic mass is 10.2. The largest absolute Gasteiger partial charge is 0.353 e. The predicted octanol–water partition coefficient (Wildman–Crippen LogP) is 1.36. The molecule has 162 valence electrons. The summed E-state index contributed by atoms with van der Waals surface area (Å²) in [6.45, 7) is 0.263. The van der Waals surface area contributed by atoms with Crippen molar-refractivity contribution in [2.45, 2.75) is 44.7 Å². The molecule has 1 fully saturated rings. The maximum absolute atomic E-state index is 12.4. The Labute approximate surface area is 178 Å². The molecule has 3 amide bonds. The minimum atomic E-state index is -0.437. The number of rotatable bonds is 7. The zero-order chi connectivity index (χ0) is 21.6. The minimum absolute atomic E-state index is 0.0330. The first-order valence-corrected chi connectivity index (χ1v) is 10.4. The lowest BCUT2D eigenvalue weighted by Crippen LogP contribution is -2.39. The number of fused-ring (bicyclic) bond motifs is 1. The second-order valence-corrected chi connectivity index (χ2v) is 7.55. The molecule has 3 aromatic rings. The van der Waals surface area contributed by atoms with Gasteiger partial charge in [0.05, 0.1) is 18.4 Å². The van der Waals surface area contributed by atoms with Crippen LogP contribution in [0, 0.1) is 0 Å². The van der Waals surface area contributed by atoms with Crippen LogP contribution in [0.4, 0.5) is 4.79 Å². The fourth-order valence-electron chi connectivity index (χ4n) is 3.69. The van der Waals surface area contributed by atoms with Crippen LogP contribution in [0.2, 0.25) is 0 Å². The van der Waals surface area contributed by atoms with Gasteiger partial charge in [-0.3, -0.25) is 9.59 Å². The van der Waals surface area contributed by atoms with E-state index in [-0.39, 0.29) is 37.0 Å². The van der Waals surface area contributed by atoms with E-state index < -0.39 is 6.03 Å². The van der Waals surface area contributed by atoms with E-state index in [0.29, 0.717) is 16.9 Å².